The number of carbonyl (C=O) groups is 1. The molecule has 3 atom stereocenters. The molecular weight excluding hydrogens is 413 g/mol. The van der Waals surface area contributed by atoms with Gasteiger partial charge in [-0.05, 0) is 33.1 Å². The van der Waals surface area contributed by atoms with Crippen LogP contribution in [0.2, 0.25) is 0 Å². The first-order chi connectivity index (χ1) is 14.6. The van der Waals surface area contributed by atoms with Gasteiger partial charge in [-0.1, -0.05) is 0 Å². The van der Waals surface area contributed by atoms with E-state index in [1.807, 2.05) is 18.9 Å². The van der Waals surface area contributed by atoms with E-state index in [-0.39, 0.29) is 24.0 Å². The lowest BCUT2D eigenvalue weighted by Gasteiger charge is -2.32. The zero-order valence-corrected chi connectivity index (χ0v) is 17.3. The molecule has 0 bridgehead atoms. The molecule has 0 unspecified atom stereocenters. The zero-order valence-electron chi connectivity index (χ0n) is 17.3. The van der Waals surface area contributed by atoms with Crippen LogP contribution in [-0.4, -0.2) is 51.0 Å². The quantitative estimate of drug-likeness (QED) is 0.672. The van der Waals surface area contributed by atoms with Crippen molar-refractivity contribution in [2.45, 2.75) is 57.4 Å². The molecule has 0 spiro atoms. The molecule has 0 radical (unpaired) electrons. The maximum atomic E-state index is 12.6. The Morgan fingerprint density at radius 3 is 2.48 bits per heavy atom. The van der Waals surface area contributed by atoms with Crippen molar-refractivity contribution in [3.63, 3.8) is 0 Å². The molecule has 1 saturated carbocycles. The van der Waals surface area contributed by atoms with E-state index in [1.54, 1.807) is 6.92 Å². The molecule has 166 valence electrons. The molecule has 1 amide bonds. The van der Waals surface area contributed by atoms with E-state index in [0.29, 0.717) is 29.0 Å². The molecule has 1 aliphatic heterocycles. The number of anilines is 4. The number of alkyl halides is 3. The number of rotatable bonds is 4. The van der Waals surface area contributed by atoms with Crippen molar-refractivity contribution in [2.24, 2.45) is 0 Å². The van der Waals surface area contributed by atoms with Crippen LogP contribution in [0.4, 0.5) is 36.4 Å². The summed E-state index contributed by atoms with van der Waals surface area (Å²) in [6.07, 6.45) is -0.288. The summed E-state index contributed by atoms with van der Waals surface area (Å²) < 4.78 is 37.8. The Bertz CT molecular complexity index is 981. The zero-order chi connectivity index (χ0) is 22.3. The van der Waals surface area contributed by atoms with Gasteiger partial charge in [0.2, 0.25) is 11.9 Å². The van der Waals surface area contributed by atoms with Crippen LogP contribution in [0.1, 0.15) is 37.6 Å². The molecule has 3 heterocycles. The predicted octanol–water partition coefficient (Wildman–Crippen LogP) is 2.82. The number of nitrogens with one attached hydrogen (secondary N) is 3. The molecule has 0 saturated heterocycles. The second-order valence-electron chi connectivity index (χ2n) is 7.89. The van der Waals surface area contributed by atoms with Crippen LogP contribution in [-0.2, 0) is 11.0 Å². The number of fused-ring (bicyclic) bond motifs is 1. The minimum atomic E-state index is -4.50. The fraction of sp³-hybridized carbons (Fsp3) is 0.526. The highest BCUT2D eigenvalue weighted by Crippen LogP contribution is 2.33. The maximum Gasteiger partial charge on any atom is 0.434 e. The molecule has 9 nitrogen and oxygen atoms in total. The lowest BCUT2D eigenvalue weighted by molar-refractivity contribution is -0.141. The SMILES string of the molecule is Cc1nc(N[C@@H]2CC[C@H](Nc3cnc(C(F)(F)F)cn3)C2)nc2c1NC(=O)[C@H](C)N2C. The van der Waals surface area contributed by atoms with Gasteiger partial charge >= 0.3 is 6.18 Å². The monoisotopic (exact) mass is 436 g/mol. The number of amides is 1. The molecule has 3 N–H and O–H groups in total. The molecule has 2 aromatic rings. The van der Waals surface area contributed by atoms with Crippen molar-refractivity contribution in [1.29, 1.82) is 0 Å². The second kappa shape index (κ2) is 7.82. The topological polar surface area (TPSA) is 108 Å². The fourth-order valence-corrected chi connectivity index (χ4v) is 3.80. The van der Waals surface area contributed by atoms with Gasteiger partial charge in [-0.3, -0.25) is 4.79 Å². The van der Waals surface area contributed by atoms with Crippen molar-refractivity contribution in [2.75, 3.05) is 27.9 Å². The summed E-state index contributed by atoms with van der Waals surface area (Å²) in [5, 5.41) is 9.32. The average Bonchev–Trinajstić information content (AvgIpc) is 3.14. The van der Waals surface area contributed by atoms with Crippen LogP contribution in [0.5, 0.6) is 0 Å². The van der Waals surface area contributed by atoms with E-state index in [9.17, 15) is 18.0 Å². The number of nitrogens with zero attached hydrogens (tertiary/aromatic N) is 5. The van der Waals surface area contributed by atoms with Gasteiger partial charge in [0.25, 0.3) is 0 Å². The summed E-state index contributed by atoms with van der Waals surface area (Å²) in [4.78, 5) is 30.2. The van der Waals surface area contributed by atoms with Crippen molar-refractivity contribution in [1.82, 2.24) is 19.9 Å². The first-order valence-electron chi connectivity index (χ1n) is 9.96. The maximum absolute atomic E-state index is 12.6. The van der Waals surface area contributed by atoms with Crippen LogP contribution in [0, 0.1) is 6.92 Å². The van der Waals surface area contributed by atoms with Gasteiger partial charge in [0, 0.05) is 19.1 Å². The van der Waals surface area contributed by atoms with Crippen LogP contribution < -0.4 is 20.9 Å². The summed E-state index contributed by atoms with van der Waals surface area (Å²) in [5.41, 5.74) is 0.273. The molecule has 4 rings (SSSR count). The number of hydrogen-bond acceptors (Lipinski definition) is 8. The molecule has 2 aromatic heterocycles. The molecule has 0 aromatic carbocycles. The molecule has 31 heavy (non-hydrogen) atoms. The Hall–Kier alpha value is -3.18. The van der Waals surface area contributed by atoms with E-state index in [1.165, 1.54) is 0 Å². The Kier molecular flexibility index (Phi) is 5.31. The third kappa shape index (κ3) is 4.32. The summed E-state index contributed by atoms with van der Waals surface area (Å²) in [6.45, 7) is 3.62. The highest BCUT2D eigenvalue weighted by molar-refractivity contribution is 6.03. The van der Waals surface area contributed by atoms with Crippen molar-refractivity contribution >= 4 is 29.2 Å². The number of halogens is 3. The van der Waals surface area contributed by atoms with Gasteiger partial charge in [-0.15, -0.1) is 0 Å². The lowest BCUT2D eigenvalue weighted by atomic mass is 10.2. The smallest absolute Gasteiger partial charge is 0.366 e. The first kappa shape index (κ1) is 21.1. The van der Waals surface area contributed by atoms with E-state index < -0.39 is 11.9 Å². The fourth-order valence-electron chi connectivity index (χ4n) is 3.80. The molecular formula is C19H23F3N8O. The predicted molar refractivity (Wildman–Crippen MR) is 109 cm³/mol. The first-order valence-corrected chi connectivity index (χ1v) is 9.96. The summed E-state index contributed by atoms with van der Waals surface area (Å²) >= 11 is 0. The third-order valence-electron chi connectivity index (χ3n) is 5.67. The van der Waals surface area contributed by atoms with Gasteiger partial charge in [0.1, 0.15) is 17.5 Å². The molecule has 12 heteroatoms. The van der Waals surface area contributed by atoms with Crippen LogP contribution in [0.15, 0.2) is 12.4 Å². The van der Waals surface area contributed by atoms with Crippen molar-refractivity contribution < 1.29 is 18.0 Å². The molecule has 1 aliphatic carbocycles. The Labute approximate surface area is 176 Å². The molecule has 2 aliphatic rings. The lowest BCUT2D eigenvalue weighted by Crippen LogP contribution is -2.45. The minimum Gasteiger partial charge on any atom is -0.366 e. The van der Waals surface area contributed by atoms with Crippen LogP contribution in [0.25, 0.3) is 0 Å². The highest BCUT2D eigenvalue weighted by Gasteiger charge is 2.33. The summed E-state index contributed by atoms with van der Waals surface area (Å²) in [5.74, 6) is 1.35. The largest absolute Gasteiger partial charge is 0.434 e. The third-order valence-corrected chi connectivity index (χ3v) is 5.67. The van der Waals surface area contributed by atoms with Gasteiger partial charge in [-0.25, -0.2) is 15.0 Å². The van der Waals surface area contributed by atoms with Gasteiger partial charge in [0.05, 0.1) is 18.1 Å². The number of aryl methyl sites for hydroxylation is 1. The number of aromatic nitrogens is 4. The van der Waals surface area contributed by atoms with E-state index in [4.69, 9.17) is 0 Å². The van der Waals surface area contributed by atoms with E-state index in [0.717, 1.165) is 31.7 Å². The second-order valence-corrected chi connectivity index (χ2v) is 7.89. The standard InChI is InChI=1S/C19H23F3N8O/c1-9-15-16(30(3)10(2)17(31)28-15)29-18(25-9)27-12-5-4-11(6-12)26-14-8-23-13(7-24-14)19(20,21)22/h7-8,10-12H,4-6H2,1-3H3,(H,24,26)(H,28,31)(H,25,27,29)/t10-,11-,12+/m0/s1. The minimum absolute atomic E-state index is 0.0456. The number of hydrogen-bond donors (Lipinski definition) is 3. The van der Waals surface area contributed by atoms with Gasteiger partial charge in [-0.2, -0.15) is 18.2 Å². The Morgan fingerprint density at radius 2 is 1.84 bits per heavy atom. The van der Waals surface area contributed by atoms with E-state index in [2.05, 4.69) is 35.9 Å². The van der Waals surface area contributed by atoms with Crippen LogP contribution in [0.3, 0.4) is 0 Å². The van der Waals surface area contributed by atoms with Gasteiger partial charge in [0.15, 0.2) is 11.5 Å². The van der Waals surface area contributed by atoms with Crippen molar-refractivity contribution in [3.05, 3.63) is 23.8 Å². The van der Waals surface area contributed by atoms with Gasteiger partial charge < -0.3 is 20.9 Å². The molecule has 1 fully saturated rings. The Morgan fingerprint density at radius 1 is 1.13 bits per heavy atom. The van der Waals surface area contributed by atoms with E-state index >= 15 is 0 Å². The average molecular weight is 436 g/mol. The normalized spacial score (nSPS) is 23.4. The van der Waals surface area contributed by atoms with Crippen LogP contribution >= 0.6 is 0 Å². The summed E-state index contributed by atoms with van der Waals surface area (Å²) in [6, 6.07) is -0.193. The Balaban J connectivity index is 1.40. The van der Waals surface area contributed by atoms with Crippen molar-refractivity contribution in [3.8, 4) is 0 Å². The number of carbonyl (C=O) groups excluding carboxylic acids is 1. The summed E-state index contributed by atoms with van der Waals surface area (Å²) in [7, 11) is 1.82. The highest BCUT2D eigenvalue weighted by atomic mass is 19.4. The number of likely N-dealkylation sites (N-methyl/N-ethyl adjacent to an activating group) is 1.